The Hall–Kier alpha value is -1.01. The smallest absolute Gasteiger partial charge is 0.320 e. The van der Waals surface area contributed by atoms with Gasteiger partial charge in [-0.1, -0.05) is 0 Å². The molecule has 1 rings (SSSR count). The first-order valence-electron chi connectivity index (χ1n) is 3.37. The molecule has 66 valence electrons. The number of carbonyl (C=O) groups is 1. The first kappa shape index (κ1) is 9.08. The van der Waals surface area contributed by atoms with Crippen molar-refractivity contribution in [2.75, 3.05) is 0 Å². The Labute approximate surface area is 73.5 Å². The van der Waals surface area contributed by atoms with Crippen molar-refractivity contribution in [3.63, 3.8) is 0 Å². The van der Waals surface area contributed by atoms with Gasteiger partial charge in [-0.25, -0.2) is 0 Å². The molecule has 1 aromatic rings. The zero-order chi connectivity index (χ0) is 9.14. The molecule has 5 nitrogen and oxygen atoms in total. The van der Waals surface area contributed by atoms with Gasteiger partial charge in [-0.05, 0) is 6.92 Å². The maximum absolute atomic E-state index is 10.4. The minimum Gasteiger partial charge on any atom is -0.480 e. The molecule has 0 fully saturated rings. The molecule has 12 heavy (non-hydrogen) atoms. The van der Waals surface area contributed by atoms with Gasteiger partial charge < -0.3 is 10.8 Å². The number of carboxylic acids is 1. The minimum atomic E-state index is -1.01. The molecule has 1 unspecified atom stereocenters. The number of nitrogens with two attached hydrogens (primary N) is 1. The molecular weight excluding hydrogens is 178 g/mol. The third-order valence-corrected chi connectivity index (χ3v) is 2.13. The predicted molar refractivity (Wildman–Crippen MR) is 44.0 cm³/mol. The van der Waals surface area contributed by atoms with Crippen LogP contribution in [0, 0.1) is 6.92 Å². The SMILES string of the molecule is Cc1nsnc1CC(N)C(=O)O. The lowest BCUT2D eigenvalue weighted by molar-refractivity contribution is -0.138. The third kappa shape index (κ3) is 1.99. The molecule has 1 heterocycles. The Morgan fingerprint density at radius 1 is 1.75 bits per heavy atom. The summed E-state index contributed by atoms with van der Waals surface area (Å²) in [6.45, 7) is 1.79. The van der Waals surface area contributed by atoms with E-state index in [1.54, 1.807) is 6.92 Å². The van der Waals surface area contributed by atoms with E-state index in [1.807, 2.05) is 0 Å². The average Bonchev–Trinajstić information content (AvgIpc) is 2.36. The highest BCUT2D eigenvalue weighted by molar-refractivity contribution is 6.99. The first-order valence-corrected chi connectivity index (χ1v) is 4.10. The van der Waals surface area contributed by atoms with Crippen LogP contribution in [0.1, 0.15) is 11.4 Å². The number of hydrogen-bond donors (Lipinski definition) is 2. The van der Waals surface area contributed by atoms with Gasteiger partial charge in [0.2, 0.25) is 0 Å². The van der Waals surface area contributed by atoms with E-state index in [-0.39, 0.29) is 6.42 Å². The van der Waals surface area contributed by atoms with Crippen LogP contribution in [-0.4, -0.2) is 25.9 Å². The molecule has 0 spiro atoms. The number of aromatic nitrogens is 2. The van der Waals surface area contributed by atoms with Crippen LogP contribution in [0.3, 0.4) is 0 Å². The highest BCUT2D eigenvalue weighted by Gasteiger charge is 2.15. The summed E-state index contributed by atoms with van der Waals surface area (Å²) in [6, 6.07) is -0.882. The maximum Gasteiger partial charge on any atom is 0.320 e. The molecule has 0 radical (unpaired) electrons. The number of nitrogens with zero attached hydrogens (tertiary/aromatic N) is 2. The van der Waals surface area contributed by atoms with Crippen molar-refractivity contribution < 1.29 is 9.90 Å². The van der Waals surface area contributed by atoms with E-state index in [1.165, 1.54) is 0 Å². The quantitative estimate of drug-likeness (QED) is 0.684. The molecule has 0 aliphatic rings. The van der Waals surface area contributed by atoms with Gasteiger partial charge in [0.25, 0.3) is 0 Å². The van der Waals surface area contributed by atoms with E-state index in [4.69, 9.17) is 10.8 Å². The number of rotatable bonds is 3. The standard InChI is InChI=1S/C6H9N3O2S/c1-3-5(9-12-8-3)2-4(7)6(10)11/h4H,2,7H2,1H3,(H,10,11). The second-order valence-electron chi connectivity index (χ2n) is 2.45. The van der Waals surface area contributed by atoms with Crippen LogP contribution >= 0.6 is 11.7 Å². The number of hydrogen-bond acceptors (Lipinski definition) is 5. The molecule has 0 saturated heterocycles. The Morgan fingerprint density at radius 2 is 2.42 bits per heavy atom. The summed E-state index contributed by atoms with van der Waals surface area (Å²) in [5.41, 5.74) is 6.75. The number of carboxylic acid groups (broad SMARTS) is 1. The molecule has 1 atom stereocenters. The van der Waals surface area contributed by atoms with Gasteiger partial charge in [0.15, 0.2) is 0 Å². The minimum absolute atomic E-state index is 0.248. The Balaban J connectivity index is 2.64. The normalized spacial score (nSPS) is 12.8. The molecule has 0 aliphatic carbocycles. The topological polar surface area (TPSA) is 89.1 Å². The Morgan fingerprint density at radius 3 is 2.83 bits per heavy atom. The summed E-state index contributed by atoms with van der Waals surface area (Å²) in [6.07, 6.45) is 0.248. The summed E-state index contributed by atoms with van der Waals surface area (Å²) >= 11 is 1.07. The van der Waals surface area contributed by atoms with Crippen LogP contribution < -0.4 is 5.73 Å². The second-order valence-corrected chi connectivity index (χ2v) is 2.97. The van der Waals surface area contributed by atoms with Gasteiger partial charge >= 0.3 is 5.97 Å². The molecule has 0 aromatic carbocycles. The predicted octanol–water partition coefficient (Wildman–Crippen LogP) is -0.199. The van der Waals surface area contributed by atoms with Gasteiger partial charge in [0.1, 0.15) is 6.04 Å². The molecule has 0 bridgehead atoms. The lowest BCUT2D eigenvalue weighted by Crippen LogP contribution is -2.32. The fourth-order valence-corrected chi connectivity index (χ4v) is 1.30. The van der Waals surface area contributed by atoms with Gasteiger partial charge in [-0.3, -0.25) is 4.79 Å². The molecule has 0 amide bonds. The zero-order valence-electron chi connectivity index (χ0n) is 6.52. The van der Waals surface area contributed by atoms with Gasteiger partial charge in [-0.15, -0.1) is 0 Å². The number of aryl methyl sites for hydroxylation is 1. The van der Waals surface area contributed by atoms with Gasteiger partial charge in [0.05, 0.1) is 23.1 Å². The van der Waals surface area contributed by atoms with E-state index in [2.05, 4.69) is 8.75 Å². The van der Waals surface area contributed by atoms with Crippen LogP contribution in [0.5, 0.6) is 0 Å². The van der Waals surface area contributed by atoms with Crippen LogP contribution in [0.25, 0.3) is 0 Å². The van der Waals surface area contributed by atoms with E-state index < -0.39 is 12.0 Å². The second kappa shape index (κ2) is 3.59. The summed E-state index contributed by atoms with van der Waals surface area (Å²) in [4.78, 5) is 10.4. The van der Waals surface area contributed by atoms with Crippen LogP contribution in [-0.2, 0) is 11.2 Å². The van der Waals surface area contributed by atoms with Crippen LogP contribution in [0.4, 0.5) is 0 Å². The summed E-state index contributed by atoms with van der Waals surface area (Å²) in [5, 5.41) is 8.50. The van der Waals surface area contributed by atoms with Crippen LogP contribution in [0.2, 0.25) is 0 Å². The summed E-state index contributed by atoms with van der Waals surface area (Å²) in [5.74, 6) is -1.01. The van der Waals surface area contributed by atoms with E-state index in [0.717, 1.165) is 17.4 Å². The molecular formula is C6H9N3O2S. The van der Waals surface area contributed by atoms with E-state index in [9.17, 15) is 4.79 Å². The fraction of sp³-hybridized carbons (Fsp3) is 0.500. The van der Waals surface area contributed by atoms with Crippen molar-refractivity contribution >= 4 is 17.7 Å². The van der Waals surface area contributed by atoms with Gasteiger partial charge in [-0.2, -0.15) is 8.75 Å². The highest BCUT2D eigenvalue weighted by Crippen LogP contribution is 2.06. The van der Waals surface area contributed by atoms with Crippen molar-refractivity contribution in [1.29, 1.82) is 0 Å². The Kier molecular flexibility index (Phi) is 2.72. The molecule has 3 N–H and O–H groups in total. The maximum atomic E-state index is 10.4. The highest BCUT2D eigenvalue weighted by atomic mass is 32.1. The van der Waals surface area contributed by atoms with Crippen molar-refractivity contribution in [3.8, 4) is 0 Å². The fourth-order valence-electron chi connectivity index (χ4n) is 0.730. The molecule has 0 aliphatic heterocycles. The largest absolute Gasteiger partial charge is 0.480 e. The summed E-state index contributed by atoms with van der Waals surface area (Å²) in [7, 11) is 0. The lowest BCUT2D eigenvalue weighted by atomic mass is 10.1. The van der Waals surface area contributed by atoms with Gasteiger partial charge in [0, 0.05) is 6.42 Å². The van der Waals surface area contributed by atoms with E-state index in [0.29, 0.717) is 5.69 Å². The van der Waals surface area contributed by atoms with Crippen molar-refractivity contribution in [3.05, 3.63) is 11.4 Å². The average molecular weight is 187 g/mol. The van der Waals surface area contributed by atoms with Crippen molar-refractivity contribution in [2.24, 2.45) is 5.73 Å². The van der Waals surface area contributed by atoms with Crippen molar-refractivity contribution in [2.45, 2.75) is 19.4 Å². The number of aliphatic carboxylic acids is 1. The molecule has 0 saturated carbocycles. The summed E-state index contributed by atoms with van der Waals surface area (Å²) < 4.78 is 7.84. The van der Waals surface area contributed by atoms with E-state index >= 15 is 0 Å². The van der Waals surface area contributed by atoms with Crippen molar-refractivity contribution in [1.82, 2.24) is 8.75 Å². The lowest BCUT2D eigenvalue weighted by Gasteiger charge is -2.02. The molecule has 1 aromatic heterocycles. The third-order valence-electron chi connectivity index (χ3n) is 1.48. The monoisotopic (exact) mass is 187 g/mol. The Bertz CT molecular complexity index is 286. The molecule has 6 heteroatoms. The first-order chi connectivity index (χ1) is 5.61. The van der Waals surface area contributed by atoms with Crippen LogP contribution in [0.15, 0.2) is 0 Å². The zero-order valence-corrected chi connectivity index (χ0v) is 7.34.